The van der Waals surface area contributed by atoms with E-state index in [2.05, 4.69) is 43.2 Å². The molecule has 0 aliphatic heterocycles. The van der Waals surface area contributed by atoms with Crippen LogP contribution in [0.25, 0.3) is 0 Å². The van der Waals surface area contributed by atoms with E-state index in [0.717, 1.165) is 19.6 Å². The van der Waals surface area contributed by atoms with Gasteiger partial charge in [-0.05, 0) is 34.7 Å². The van der Waals surface area contributed by atoms with Crippen molar-refractivity contribution in [3.05, 3.63) is 0 Å². The Morgan fingerprint density at radius 1 is 1.12 bits per heavy atom. The molecule has 4 heteroatoms. The third-order valence-corrected chi connectivity index (χ3v) is 2.95. The minimum absolute atomic E-state index is 0.0338. The molecule has 17 heavy (non-hydrogen) atoms. The topological polar surface area (TPSA) is 44.4 Å². The predicted molar refractivity (Wildman–Crippen MR) is 73.1 cm³/mol. The van der Waals surface area contributed by atoms with Gasteiger partial charge in [0, 0.05) is 37.6 Å². The van der Waals surface area contributed by atoms with Gasteiger partial charge in [-0.3, -0.25) is 9.69 Å². The molecule has 0 radical (unpaired) electrons. The molecule has 0 fully saturated rings. The zero-order valence-electron chi connectivity index (χ0n) is 12.2. The molecule has 0 aliphatic rings. The first-order valence-electron chi connectivity index (χ1n) is 6.58. The Morgan fingerprint density at radius 3 is 2.06 bits per heavy atom. The minimum Gasteiger partial charge on any atom is -0.355 e. The Bertz CT molecular complexity index is 209. The van der Waals surface area contributed by atoms with Crippen LogP contribution in [0.1, 0.15) is 34.6 Å². The number of carbonyl (C=O) groups is 1. The number of amides is 1. The fraction of sp³-hybridized carbons (Fsp3) is 0.923. The molecule has 0 aromatic carbocycles. The normalized spacial score (nSPS) is 13.5. The second-order valence-electron chi connectivity index (χ2n) is 5.18. The SMILES string of the molecule is CNCC(C)C(=O)NCCN(C(C)C)C(C)C. The first-order chi connectivity index (χ1) is 7.90. The van der Waals surface area contributed by atoms with Crippen molar-refractivity contribution in [3.63, 3.8) is 0 Å². The van der Waals surface area contributed by atoms with E-state index in [-0.39, 0.29) is 11.8 Å². The second kappa shape index (κ2) is 8.48. The van der Waals surface area contributed by atoms with Gasteiger partial charge in [0.2, 0.25) is 5.91 Å². The zero-order chi connectivity index (χ0) is 13.4. The summed E-state index contributed by atoms with van der Waals surface area (Å²) in [6.45, 7) is 13.0. The molecule has 2 N–H and O–H groups in total. The maximum Gasteiger partial charge on any atom is 0.224 e. The van der Waals surface area contributed by atoms with E-state index in [9.17, 15) is 4.79 Å². The molecule has 0 spiro atoms. The van der Waals surface area contributed by atoms with Crippen LogP contribution < -0.4 is 10.6 Å². The molecule has 0 aliphatic carbocycles. The number of nitrogens with zero attached hydrogens (tertiary/aromatic N) is 1. The van der Waals surface area contributed by atoms with Crippen LogP contribution in [0, 0.1) is 5.92 Å². The molecule has 0 bridgehead atoms. The van der Waals surface area contributed by atoms with Gasteiger partial charge in [-0.2, -0.15) is 0 Å². The van der Waals surface area contributed by atoms with Crippen LogP contribution in [0.4, 0.5) is 0 Å². The molecule has 1 amide bonds. The van der Waals surface area contributed by atoms with Crippen molar-refractivity contribution in [2.24, 2.45) is 5.92 Å². The van der Waals surface area contributed by atoms with Gasteiger partial charge in [0.15, 0.2) is 0 Å². The summed E-state index contributed by atoms with van der Waals surface area (Å²) in [5.74, 6) is 0.165. The monoisotopic (exact) mass is 243 g/mol. The Balaban J connectivity index is 3.92. The maximum atomic E-state index is 11.7. The van der Waals surface area contributed by atoms with Gasteiger partial charge in [-0.25, -0.2) is 0 Å². The average molecular weight is 243 g/mol. The Hall–Kier alpha value is -0.610. The zero-order valence-corrected chi connectivity index (χ0v) is 12.2. The van der Waals surface area contributed by atoms with Crippen molar-refractivity contribution in [1.82, 2.24) is 15.5 Å². The standard InChI is InChI=1S/C13H29N3O/c1-10(2)16(11(3)4)8-7-15-13(17)12(5)9-14-6/h10-12,14H,7-9H2,1-6H3,(H,15,17). The highest BCUT2D eigenvalue weighted by atomic mass is 16.1. The van der Waals surface area contributed by atoms with Gasteiger partial charge in [-0.1, -0.05) is 6.92 Å². The van der Waals surface area contributed by atoms with Crippen LogP contribution in [0.5, 0.6) is 0 Å². The number of hydrogen-bond acceptors (Lipinski definition) is 3. The lowest BCUT2D eigenvalue weighted by Gasteiger charge is -2.30. The van der Waals surface area contributed by atoms with Gasteiger partial charge in [0.05, 0.1) is 0 Å². The van der Waals surface area contributed by atoms with Crippen molar-refractivity contribution in [2.75, 3.05) is 26.7 Å². The van der Waals surface area contributed by atoms with Crippen molar-refractivity contribution in [1.29, 1.82) is 0 Å². The van der Waals surface area contributed by atoms with Crippen molar-refractivity contribution in [3.8, 4) is 0 Å². The van der Waals surface area contributed by atoms with E-state index in [4.69, 9.17) is 0 Å². The number of rotatable bonds is 8. The average Bonchev–Trinajstić information content (AvgIpc) is 2.23. The number of carbonyl (C=O) groups excluding carboxylic acids is 1. The summed E-state index contributed by atoms with van der Waals surface area (Å²) >= 11 is 0. The maximum absolute atomic E-state index is 11.7. The molecule has 0 aromatic rings. The third kappa shape index (κ3) is 6.64. The molecule has 1 unspecified atom stereocenters. The molecule has 1 atom stereocenters. The van der Waals surface area contributed by atoms with Crippen LogP contribution in [0.3, 0.4) is 0 Å². The fourth-order valence-corrected chi connectivity index (χ4v) is 1.99. The second-order valence-corrected chi connectivity index (χ2v) is 5.18. The summed E-state index contributed by atoms with van der Waals surface area (Å²) < 4.78 is 0. The highest BCUT2D eigenvalue weighted by molar-refractivity contribution is 5.78. The van der Waals surface area contributed by atoms with Crippen molar-refractivity contribution < 1.29 is 4.79 Å². The van der Waals surface area contributed by atoms with Gasteiger partial charge < -0.3 is 10.6 Å². The first-order valence-corrected chi connectivity index (χ1v) is 6.58. The Morgan fingerprint density at radius 2 is 1.65 bits per heavy atom. The molecule has 0 saturated heterocycles. The minimum atomic E-state index is 0.0338. The van der Waals surface area contributed by atoms with E-state index < -0.39 is 0 Å². The first kappa shape index (κ1) is 16.4. The summed E-state index contributed by atoms with van der Waals surface area (Å²) in [5.41, 5.74) is 0. The van der Waals surface area contributed by atoms with Crippen LogP contribution in [-0.4, -0.2) is 49.6 Å². The predicted octanol–water partition coefficient (Wildman–Crippen LogP) is 1.08. The van der Waals surface area contributed by atoms with Crippen molar-refractivity contribution >= 4 is 5.91 Å². The van der Waals surface area contributed by atoms with E-state index in [1.54, 1.807) is 0 Å². The smallest absolute Gasteiger partial charge is 0.224 e. The van der Waals surface area contributed by atoms with Crippen molar-refractivity contribution in [2.45, 2.75) is 46.7 Å². The molecule has 0 rings (SSSR count). The Kier molecular flexibility index (Phi) is 8.17. The van der Waals surface area contributed by atoms with E-state index in [0.29, 0.717) is 12.1 Å². The lowest BCUT2D eigenvalue weighted by Crippen LogP contribution is -2.44. The largest absolute Gasteiger partial charge is 0.355 e. The van der Waals surface area contributed by atoms with Crippen LogP contribution in [0.2, 0.25) is 0 Å². The summed E-state index contributed by atoms with van der Waals surface area (Å²) in [7, 11) is 1.86. The number of hydrogen-bond donors (Lipinski definition) is 2. The lowest BCUT2D eigenvalue weighted by atomic mass is 10.1. The van der Waals surface area contributed by atoms with Crippen LogP contribution >= 0.6 is 0 Å². The summed E-state index contributed by atoms with van der Waals surface area (Å²) in [6, 6.07) is 1.03. The summed E-state index contributed by atoms with van der Waals surface area (Å²) in [6.07, 6.45) is 0. The number of nitrogens with one attached hydrogen (secondary N) is 2. The molecule has 102 valence electrons. The lowest BCUT2D eigenvalue weighted by molar-refractivity contribution is -0.124. The molecule has 0 saturated carbocycles. The summed E-state index contributed by atoms with van der Waals surface area (Å²) in [4.78, 5) is 14.1. The molecule has 4 nitrogen and oxygen atoms in total. The van der Waals surface area contributed by atoms with Gasteiger partial charge in [0.1, 0.15) is 0 Å². The van der Waals surface area contributed by atoms with Crippen LogP contribution in [-0.2, 0) is 4.79 Å². The molecular formula is C13H29N3O. The van der Waals surface area contributed by atoms with E-state index in [1.165, 1.54) is 0 Å². The highest BCUT2D eigenvalue weighted by Gasteiger charge is 2.14. The van der Waals surface area contributed by atoms with E-state index in [1.807, 2.05) is 14.0 Å². The molecular weight excluding hydrogens is 214 g/mol. The van der Waals surface area contributed by atoms with Crippen LogP contribution in [0.15, 0.2) is 0 Å². The Labute approximate surface area is 106 Å². The summed E-state index contributed by atoms with van der Waals surface area (Å²) in [5, 5.41) is 6.00. The highest BCUT2D eigenvalue weighted by Crippen LogP contribution is 2.03. The quantitative estimate of drug-likeness (QED) is 0.670. The van der Waals surface area contributed by atoms with E-state index >= 15 is 0 Å². The molecule has 0 aromatic heterocycles. The van der Waals surface area contributed by atoms with Gasteiger partial charge in [0.25, 0.3) is 0 Å². The van der Waals surface area contributed by atoms with Gasteiger partial charge in [-0.15, -0.1) is 0 Å². The fourth-order valence-electron chi connectivity index (χ4n) is 1.99. The van der Waals surface area contributed by atoms with Gasteiger partial charge >= 0.3 is 0 Å². The third-order valence-electron chi connectivity index (χ3n) is 2.95. The molecule has 0 heterocycles.